The number of amides is 1. The van der Waals surface area contributed by atoms with Crippen LogP contribution in [-0.2, 0) is 22.6 Å². The molecule has 1 saturated heterocycles. The number of carboxylic acid groups (broad SMARTS) is 1. The number of aromatic carboxylic acids is 1. The maximum atomic E-state index is 13.3. The molecule has 0 aromatic heterocycles. The number of aliphatic hydroxyl groups is 1. The zero-order valence-corrected chi connectivity index (χ0v) is 20.5. The molecule has 188 valence electrons. The molecule has 0 saturated carbocycles. The number of hydrogen-bond acceptors (Lipinski definition) is 6. The van der Waals surface area contributed by atoms with Gasteiger partial charge in [0.25, 0.3) is 11.7 Å². The Balaban J connectivity index is 1.60. The summed E-state index contributed by atoms with van der Waals surface area (Å²) in [4.78, 5) is 41.2. The molecule has 37 heavy (non-hydrogen) atoms. The molecule has 2 N–H and O–H groups in total. The van der Waals surface area contributed by atoms with Crippen molar-refractivity contribution in [2.75, 3.05) is 25.6 Å². The van der Waals surface area contributed by atoms with Crippen LogP contribution in [0.5, 0.6) is 5.75 Å². The molecule has 5 rings (SSSR count). The number of nitrogens with zero attached hydrogens (tertiary/aromatic N) is 2. The minimum Gasteiger partial charge on any atom is -0.507 e. The summed E-state index contributed by atoms with van der Waals surface area (Å²) in [6.45, 7) is 0.627. The van der Waals surface area contributed by atoms with Crippen molar-refractivity contribution in [1.29, 1.82) is 0 Å². The van der Waals surface area contributed by atoms with Gasteiger partial charge >= 0.3 is 5.97 Å². The van der Waals surface area contributed by atoms with Crippen molar-refractivity contribution in [2.24, 2.45) is 0 Å². The second-order valence-electron chi connectivity index (χ2n) is 9.34. The number of fused-ring (bicyclic) bond motifs is 1. The molecule has 1 atom stereocenters. The first-order valence-corrected chi connectivity index (χ1v) is 11.9. The van der Waals surface area contributed by atoms with Gasteiger partial charge in [0, 0.05) is 38.3 Å². The van der Waals surface area contributed by atoms with Gasteiger partial charge in [-0.05, 0) is 59.2 Å². The maximum Gasteiger partial charge on any atom is 0.335 e. The molecule has 2 heterocycles. The molecule has 0 radical (unpaired) electrons. The van der Waals surface area contributed by atoms with Gasteiger partial charge in [0.2, 0.25) is 0 Å². The first-order valence-electron chi connectivity index (χ1n) is 11.9. The molecule has 3 aromatic carbocycles. The number of ether oxygens (including phenoxy) is 1. The molecule has 0 spiro atoms. The van der Waals surface area contributed by atoms with E-state index in [1.807, 2.05) is 43.3 Å². The van der Waals surface area contributed by atoms with Crippen LogP contribution in [0.25, 0.3) is 5.76 Å². The normalized spacial score (nSPS) is 18.0. The van der Waals surface area contributed by atoms with Crippen LogP contribution < -0.4 is 9.64 Å². The quantitative estimate of drug-likeness (QED) is 0.300. The molecule has 0 bridgehead atoms. The van der Waals surface area contributed by atoms with E-state index in [9.17, 15) is 24.6 Å². The smallest absolute Gasteiger partial charge is 0.335 e. The van der Waals surface area contributed by atoms with Crippen molar-refractivity contribution in [3.63, 3.8) is 0 Å². The van der Waals surface area contributed by atoms with Gasteiger partial charge in [0.15, 0.2) is 0 Å². The molecule has 0 aliphatic carbocycles. The third-order valence-electron chi connectivity index (χ3n) is 6.78. The summed E-state index contributed by atoms with van der Waals surface area (Å²) in [6.07, 6.45) is 0.701. The van der Waals surface area contributed by atoms with Gasteiger partial charge in [-0.1, -0.05) is 24.3 Å². The lowest BCUT2D eigenvalue weighted by Gasteiger charge is -2.26. The highest BCUT2D eigenvalue weighted by Crippen LogP contribution is 2.41. The second-order valence-corrected chi connectivity index (χ2v) is 9.34. The van der Waals surface area contributed by atoms with Crippen LogP contribution >= 0.6 is 0 Å². The molecule has 8 nitrogen and oxygen atoms in total. The third-order valence-corrected chi connectivity index (χ3v) is 6.78. The topological polar surface area (TPSA) is 107 Å². The van der Waals surface area contributed by atoms with Crippen LogP contribution in [0.1, 0.15) is 38.7 Å². The fraction of sp³-hybridized carbons (Fsp3) is 0.207. The Morgan fingerprint density at radius 3 is 2.30 bits per heavy atom. The predicted molar refractivity (Wildman–Crippen MR) is 138 cm³/mol. The number of carboxylic acids is 1. The van der Waals surface area contributed by atoms with E-state index in [-0.39, 0.29) is 23.4 Å². The Kier molecular flexibility index (Phi) is 6.17. The Morgan fingerprint density at radius 2 is 1.65 bits per heavy atom. The number of likely N-dealkylation sites (tertiary alicyclic amines) is 1. The fourth-order valence-corrected chi connectivity index (χ4v) is 4.78. The Morgan fingerprint density at radius 1 is 0.973 bits per heavy atom. The number of aliphatic hydroxyl groups excluding tert-OH is 1. The summed E-state index contributed by atoms with van der Waals surface area (Å²) in [7, 11) is 3.83. The maximum absolute atomic E-state index is 13.3. The highest BCUT2D eigenvalue weighted by atomic mass is 16.5. The first-order chi connectivity index (χ1) is 17.7. The lowest BCUT2D eigenvalue weighted by atomic mass is 9.94. The summed E-state index contributed by atoms with van der Waals surface area (Å²) in [5.74, 6) is -2.03. The molecule has 1 fully saturated rings. The number of carbonyl (C=O) groups is 3. The van der Waals surface area contributed by atoms with Gasteiger partial charge in [-0.3, -0.25) is 9.59 Å². The zero-order chi connectivity index (χ0) is 26.3. The van der Waals surface area contributed by atoms with Crippen LogP contribution in [0.4, 0.5) is 5.69 Å². The summed E-state index contributed by atoms with van der Waals surface area (Å²) in [5.41, 5.74) is 3.82. The minimum absolute atomic E-state index is 0.0172. The number of carbonyl (C=O) groups excluding carboxylic acids is 2. The Hall–Kier alpha value is -4.59. The van der Waals surface area contributed by atoms with Gasteiger partial charge in [-0.15, -0.1) is 0 Å². The van der Waals surface area contributed by atoms with E-state index >= 15 is 0 Å². The van der Waals surface area contributed by atoms with Gasteiger partial charge in [-0.2, -0.15) is 0 Å². The average molecular weight is 499 g/mol. The number of rotatable bonds is 6. The highest BCUT2D eigenvalue weighted by Gasteiger charge is 2.46. The monoisotopic (exact) mass is 498 g/mol. The van der Waals surface area contributed by atoms with Crippen LogP contribution in [-0.4, -0.2) is 53.5 Å². The lowest BCUT2D eigenvalue weighted by molar-refractivity contribution is -0.140. The second kappa shape index (κ2) is 9.46. The lowest BCUT2D eigenvalue weighted by Crippen LogP contribution is -2.29. The summed E-state index contributed by atoms with van der Waals surface area (Å²) in [5, 5.41) is 20.6. The molecule has 2 aliphatic heterocycles. The molecular weight excluding hydrogens is 472 g/mol. The van der Waals surface area contributed by atoms with E-state index in [1.165, 1.54) is 17.0 Å². The van der Waals surface area contributed by atoms with Gasteiger partial charge < -0.3 is 24.7 Å². The highest BCUT2D eigenvalue weighted by molar-refractivity contribution is 6.46. The summed E-state index contributed by atoms with van der Waals surface area (Å²) >= 11 is 0. The van der Waals surface area contributed by atoms with Gasteiger partial charge in [0.1, 0.15) is 11.5 Å². The van der Waals surface area contributed by atoms with E-state index in [0.29, 0.717) is 29.7 Å². The standard InChI is InChI=1S/C29H26N2O6/c1-30(2)22-10-7-18(8-11-22)25-24(26(32)21-9-12-23-20(15-21)13-14-37-23)27(33)28(34)31(25)16-17-3-5-19(6-4-17)29(35)36/h3-12,15,25,32H,13-14,16H2,1-2H3,(H,35,36)/b26-24-. The number of Topliss-reactive ketones (excluding diaryl/α,β-unsaturated/α-hetero) is 1. The molecule has 1 unspecified atom stereocenters. The zero-order valence-electron chi connectivity index (χ0n) is 20.5. The number of benzene rings is 3. The number of hydrogen-bond donors (Lipinski definition) is 2. The van der Waals surface area contributed by atoms with Crippen molar-refractivity contribution < 1.29 is 29.3 Å². The SMILES string of the molecule is CN(C)c1ccc(C2/C(=C(/O)c3ccc4c(c3)CCO4)C(=O)C(=O)N2Cc2ccc(C(=O)O)cc2)cc1. The fourth-order valence-electron chi connectivity index (χ4n) is 4.78. The minimum atomic E-state index is -1.05. The third kappa shape index (κ3) is 4.42. The van der Waals surface area contributed by atoms with Gasteiger partial charge in [0.05, 0.1) is 23.8 Å². The largest absolute Gasteiger partial charge is 0.507 e. The Labute approximate surface area is 214 Å². The predicted octanol–water partition coefficient (Wildman–Crippen LogP) is 4.01. The van der Waals surface area contributed by atoms with Crippen molar-refractivity contribution in [1.82, 2.24) is 4.90 Å². The van der Waals surface area contributed by atoms with E-state index in [0.717, 1.165) is 17.0 Å². The summed E-state index contributed by atoms with van der Waals surface area (Å²) < 4.78 is 5.56. The molecular formula is C29H26N2O6. The van der Waals surface area contributed by atoms with E-state index in [4.69, 9.17) is 4.74 Å². The average Bonchev–Trinajstić information content (AvgIpc) is 3.46. The first kappa shape index (κ1) is 24.1. The van der Waals surface area contributed by atoms with Crippen LogP contribution in [0.3, 0.4) is 0 Å². The molecule has 3 aromatic rings. The Bertz CT molecular complexity index is 1420. The molecule has 1 amide bonds. The van der Waals surface area contributed by atoms with Crippen LogP contribution in [0.15, 0.2) is 72.3 Å². The van der Waals surface area contributed by atoms with Crippen LogP contribution in [0.2, 0.25) is 0 Å². The van der Waals surface area contributed by atoms with Crippen molar-refractivity contribution in [2.45, 2.75) is 19.0 Å². The van der Waals surface area contributed by atoms with E-state index < -0.39 is 23.7 Å². The summed E-state index contributed by atoms with van der Waals surface area (Å²) in [6, 6.07) is 18.1. The molecule has 2 aliphatic rings. The van der Waals surface area contributed by atoms with Crippen LogP contribution in [0, 0.1) is 0 Å². The molecule has 8 heteroatoms. The number of ketones is 1. The van der Waals surface area contributed by atoms with E-state index in [1.54, 1.807) is 30.3 Å². The van der Waals surface area contributed by atoms with Crippen molar-refractivity contribution >= 4 is 29.1 Å². The van der Waals surface area contributed by atoms with Crippen molar-refractivity contribution in [3.05, 3.63) is 100 Å². The van der Waals surface area contributed by atoms with Crippen molar-refractivity contribution in [3.8, 4) is 5.75 Å². The van der Waals surface area contributed by atoms with Gasteiger partial charge in [-0.25, -0.2) is 4.79 Å². The van der Waals surface area contributed by atoms with E-state index in [2.05, 4.69) is 0 Å². The number of anilines is 1.